The molecule has 0 aliphatic carbocycles. The van der Waals surface area contributed by atoms with E-state index in [0.29, 0.717) is 6.04 Å². The third kappa shape index (κ3) is 6.42. The number of likely N-dealkylation sites (tertiary alicyclic amines) is 1. The lowest BCUT2D eigenvalue weighted by molar-refractivity contribution is 0.141. The van der Waals surface area contributed by atoms with Gasteiger partial charge < -0.3 is 15.5 Å². The molecule has 1 fully saturated rings. The average molecular weight is 436 g/mol. The van der Waals surface area contributed by atoms with Crippen molar-refractivity contribution in [1.82, 2.24) is 15.5 Å². The summed E-state index contributed by atoms with van der Waals surface area (Å²) in [5, 5.41) is 11.1. The van der Waals surface area contributed by atoms with Crippen LogP contribution in [0.1, 0.15) is 32.3 Å². The first-order chi connectivity index (χ1) is 10.2. The fourth-order valence-electron chi connectivity index (χ4n) is 2.77. The third-order valence-corrected chi connectivity index (χ3v) is 4.83. The second kappa shape index (κ2) is 10.4. The van der Waals surface area contributed by atoms with Crippen molar-refractivity contribution >= 4 is 41.3 Å². The predicted octanol–water partition coefficient (Wildman–Crippen LogP) is 3.15. The zero-order chi connectivity index (χ0) is 15.1. The zero-order valence-electron chi connectivity index (χ0n) is 13.8. The van der Waals surface area contributed by atoms with Gasteiger partial charge in [-0.25, -0.2) is 0 Å². The van der Waals surface area contributed by atoms with E-state index in [9.17, 15) is 0 Å². The van der Waals surface area contributed by atoms with Crippen molar-refractivity contribution in [3.63, 3.8) is 0 Å². The summed E-state index contributed by atoms with van der Waals surface area (Å²) >= 11 is 1.73. The van der Waals surface area contributed by atoms with Crippen LogP contribution < -0.4 is 10.6 Å². The van der Waals surface area contributed by atoms with Crippen LogP contribution in [0.5, 0.6) is 0 Å². The minimum atomic E-state index is 0. The molecular formula is C16H29IN4S. The molecule has 1 atom stereocenters. The predicted molar refractivity (Wildman–Crippen MR) is 107 cm³/mol. The number of guanidine groups is 1. The van der Waals surface area contributed by atoms with Crippen molar-refractivity contribution in [3.05, 3.63) is 22.4 Å². The van der Waals surface area contributed by atoms with Gasteiger partial charge in [0.25, 0.3) is 0 Å². The van der Waals surface area contributed by atoms with Gasteiger partial charge in [-0.05, 0) is 61.5 Å². The molecule has 22 heavy (non-hydrogen) atoms. The van der Waals surface area contributed by atoms with Gasteiger partial charge in [0.1, 0.15) is 0 Å². The lowest BCUT2D eigenvalue weighted by atomic mass is 9.97. The summed E-state index contributed by atoms with van der Waals surface area (Å²) in [5.41, 5.74) is 1.31. The van der Waals surface area contributed by atoms with E-state index in [1.807, 2.05) is 7.05 Å². The van der Waals surface area contributed by atoms with Gasteiger partial charge in [-0.3, -0.25) is 4.99 Å². The van der Waals surface area contributed by atoms with Crippen molar-refractivity contribution < 1.29 is 0 Å². The maximum Gasteiger partial charge on any atom is 0.191 e. The van der Waals surface area contributed by atoms with Crippen LogP contribution >= 0.6 is 35.3 Å². The van der Waals surface area contributed by atoms with E-state index in [2.05, 4.69) is 51.2 Å². The summed E-state index contributed by atoms with van der Waals surface area (Å²) in [4.78, 5) is 6.89. The van der Waals surface area contributed by atoms with Crippen LogP contribution in [0.2, 0.25) is 0 Å². The van der Waals surface area contributed by atoms with Gasteiger partial charge in [0.2, 0.25) is 0 Å². The van der Waals surface area contributed by atoms with E-state index in [4.69, 9.17) is 0 Å². The van der Waals surface area contributed by atoms with Gasteiger partial charge in [0, 0.05) is 32.7 Å². The Bertz CT molecular complexity index is 433. The molecule has 2 heterocycles. The van der Waals surface area contributed by atoms with E-state index < -0.39 is 0 Å². The van der Waals surface area contributed by atoms with Crippen LogP contribution in [0.4, 0.5) is 0 Å². The summed E-state index contributed by atoms with van der Waals surface area (Å²) in [6, 6.07) is 2.80. The normalized spacial score (nSPS) is 19.8. The summed E-state index contributed by atoms with van der Waals surface area (Å²) < 4.78 is 0. The SMILES string of the molecule is CN=C(NCc1ccsc1)NCC1CCCN(C(C)C)C1.I. The first-order valence-electron chi connectivity index (χ1n) is 7.88. The summed E-state index contributed by atoms with van der Waals surface area (Å²) in [6.45, 7) is 8.87. The molecule has 0 amide bonds. The maximum atomic E-state index is 4.31. The van der Waals surface area contributed by atoms with Crippen molar-refractivity contribution in [3.8, 4) is 0 Å². The minimum absolute atomic E-state index is 0. The minimum Gasteiger partial charge on any atom is -0.356 e. The standard InChI is InChI=1S/C16H28N4S.HI/c1-13(2)20-7-4-5-14(11-20)9-18-16(17-3)19-10-15-6-8-21-12-15;/h6,8,12-14H,4-5,7,9-11H2,1-3H3,(H2,17,18,19);1H. The Morgan fingerprint density at radius 2 is 2.27 bits per heavy atom. The molecule has 126 valence electrons. The highest BCUT2D eigenvalue weighted by Crippen LogP contribution is 2.17. The van der Waals surface area contributed by atoms with Crippen molar-refractivity contribution in [1.29, 1.82) is 0 Å². The first kappa shape index (κ1) is 19.7. The van der Waals surface area contributed by atoms with E-state index in [1.54, 1.807) is 11.3 Å². The molecule has 0 bridgehead atoms. The smallest absolute Gasteiger partial charge is 0.191 e. The fourth-order valence-corrected chi connectivity index (χ4v) is 3.44. The van der Waals surface area contributed by atoms with Crippen LogP contribution in [0, 0.1) is 5.92 Å². The van der Waals surface area contributed by atoms with Crippen LogP contribution in [0.15, 0.2) is 21.8 Å². The summed E-state index contributed by atoms with van der Waals surface area (Å²) in [5.74, 6) is 1.63. The van der Waals surface area contributed by atoms with Gasteiger partial charge in [0.05, 0.1) is 0 Å². The second-order valence-corrected chi connectivity index (χ2v) is 6.82. The molecule has 1 aliphatic rings. The van der Waals surface area contributed by atoms with Gasteiger partial charge in [-0.15, -0.1) is 24.0 Å². The summed E-state index contributed by atoms with van der Waals surface area (Å²) in [7, 11) is 1.84. The topological polar surface area (TPSA) is 39.7 Å². The highest BCUT2D eigenvalue weighted by atomic mass is 127. The Balaban J connectivity index is 0.00000242. The van der Waals surface area contributed by atoms with Crippen molar-refractivity contribution in [2.45, 2.75) is 39.3 Å². The van der Waals surface area contributed by atoms with Crippen LogP contribution in [0.3, 0.4) is 0 Å². The Labute approximate surface area is 155 Å². The number of nitrogens with one attached hydrogen (secondary N) is 2. The average Bonchev–Trinajstić information content (AvgIpc) is 3.01. The highest BCUT2D eigenvalue weighted by Gasteiger charge is 2.21. The maximum absolute atomic E-state index is 4.31. The molecule has 0 aromatic carbocycles. The monoisotopic (exact) mass is 436 g/mol. The van der Waals surface area contributed by atoms with E-state index in [-0.39, 0.29) is 24.0 Å². The van der Waals surface area contributed by atoms with Gasteiger partial charge >= 0.3 is 0 Å². The number of rotatable bonds is 5. The van der Waals surface area contributed by atoms with Gasteiger partial charge in [-0.2, -0.15) is 11.3 Å². The zero-order valence-corrected chi connectivity index (χ0v) is 17.0. The molecule has 2 N–H and O–H groups in total. The highest BCUT2D eigenvalue weighted by molar-refractivity contribution is 14.0. The van der Waals surface area contributed by atoms with E-state index in [0.717, 1.165) is 25.0 Å². The largest absolute Gasteiger partial charge is 0.356 e. The Kier molecular flexibility index (Phi) is 9.35. The van der Waals surface area contributed by atoms with E-state index >= 15 is 0 Å². The molecular weight excluding hydrogens is 407 g/mol. The molecule has 2 rings (SSSR count). The number of thiophene rings is 1. The number of piperidine rings is 1. The van der Waals surface area contributed by atoms with Crippen LogP contribution in [-0.4, -0.2) is 43.6 Å². The molecule has 1 unspecified atom stereocenters. The first-order valence-corrected chi connectivity index (χ1v) is 8.83. The van der Waals surface area contributed by atoms with E-state index in [1.165, 1.54) is 31.5 Å². The molecule has 0 spiro atoms. The fraction of sp³-hybridized carbons (Fsp3) is 0.688. The molecule has 6 heteroatoms. The third-order valence-electron chi connectivity index (χ3n) is 4.10. The molecule has 1 aromatic heterocycles. The molecule has 4 nitrogen and oxygen atoms in total. The molecule has 1 aromatic rings. The lowest BCUT2D eigenvalue weighted by Crippen LogP contribution is -2.45. The second-order valence-electron chi connectivity index (χ2n) is 6.04. The summed E-state index contributed by atoms with van der Waals surface area (Å²) in [6.07, 6.45) is 2.63. The van der Waals surface area contributed by atoms with Crippen LogP contribution in [0.25, 0.3) is 0 Å². The van der Waals surface area contributed by atoms with Crippen molar-refractivity contribution in [2.24, 2.45) is 10.9 Å². The van der Waals surface area contributed by atoms with Gasteiger partial charge in [-0.1, -0.05) is 0 Å². The molecule has 0 saturated carbocycles. The van der Waals surface area contributed by atoms with Crippen molar-refractivity contribution in [2.75, 3.05) is 26.7 Å². The number of nitrogens with zero attached hydrogens (tertiary/aromatic N) is 2. The number of aliphatic imine (C=N–C) groups is 1. The Morgan fingerprint density at radius 3 is 2.91 bits per heavy atom. The lowest BCUT2D eigenvalue weighted by Gasteiger charge is -2.35. The number of halogens is 1. The molecule has 1 aliphatic heterocycles. The quantitative estimate of drug-likeness (QED) is 0.423. The number of hydrogen-bond acceptors (Lipinski definition) is 3. The molecule has 1 saturated heterocycles. The number of hydrogen-bond donors (Lipinski definition) is 2. The van der Waals surface area contributed by atoms with Crippen LogP contribution in [-0.2, 0) is 6.54 Å². The molecule has 0 radical (unpaired) electrons. The Morgan fingerprint density at radius 1 is 1.45 bits per heavy atom. The van der Waals surface area contributed by atoms with Gasteiger partial charge in [0.15, 0.2) is 5.96 Å². The Hall–Kier alpha value is -0.340.